The highest BCUT2D eigenvalue weighted by Gasteiger charge is 2.74. The van der Waals surface area contributed by atoms with E-state index in [1.54, 1.807) is 0 Å². The molecule has 2 bridgehead atoms. The first-order chi connectivity index (χ1) is 19.3. The van der Waals surface area contributed by atoms with Gasteiger partial charge in [-0.3, -0.25) is 14.4 Å². The van der Waals surface area contributed by atoms with Gasteiger partial charge in [0.05, 0.1) is 14.2 Å². The molecule has 4 unspecified atom stereocenters. The van der Waals surface area contributed by atoms with Crippen LogP contribution in [0.25, 0.3) is 21.5 Å². The lowest BCUT2D eigenvalue weighted by atomic mass is 9.40. The van der Waals surface area contributed by atoms with Crippen molar-refractivity contribution in [2.75, 3.05) is 14.2 Å². The van der Waals surface area contributed by atoms with Gasteiger partial charge < -0.3 is 9.47 Å². The third kappa shape index (κ3) is 3.56. The first-order valence-corrected chi connectivity index (χ1v) is 14.0. The van der Waals surface area contributed by atoms with E-state index < -0.39 is 34.6 Å². The second kappa shape index (κ2) is 9.58. The van der Waals surface area contributed by atoms with Crippen molar-refractivity contribution < 1.29 is 23.9 Å². The van der Waals surface area contributed by atoms with Crippen molar-refractivity contribution in [1.82, 2.24) is 0 Å². The average molecular weight is 535 g/mol. The Morgan fingerprint density at radius 3 is 1.45 bits per heavy atom. The Bertz CT molecular complexity index is 1540. The monoisotopic (exact) mass is 534 g/mol. The molecule has 0 spiro atoms. The maximum atomic E-state index is 15.0. The first-order valence-electron chi connectivity index (χ1n) is 14.0. The van der Waals surface area contributed by atoms with E-state index in [4.69, 9.17) is 9.47 Å². The van der Waals surface area contributed by atoms with Crippen LogP contribution >= 0.6 is 0 Å². The Kier molecular flexibility index (Phi) is 6.29. The van der Waals surface area contributed by atoms with Crippen molar-refractivity contribution in [3.8, 4) is 0 Å². The second-order valence-electron chi connectivity index (χ2n) is 11.8. The lowest BCUT2D eigenvalue weighted by molar-refractivity contribution is -0.189. The number of ether oxygens (including phenoxy) is 2. The van der Waals surface area contributed by atoms with E-state index in [9.17, 15) is 9.59 Å². The molecular formula is C35H34O5. The molecule has 204 valence electrons. The largest absolute Gasteiger partial charge is 0.468 e. The number of carbonyl (C=O) groups is 3. The van der Waals surface area contributed by atoms with Crippen molar-refractivity contribution in [1.29, 1.82) is 0 Å². The molecule has 2 fully saturated rings. The molecular weight excluding hydrogens is 500 g/mol. The summed E-state index contributed by atoms with van der Waals surface area (Å²) in [7, 11) is 2.67. The van der Waals surface area contributed by atoms with Crippen LogP contribution < -0.4 is 0 Å². The quantitative estimate of drug-likeness (QED) is 0.212. The number of benzene rings is 4. The minimum absolute atomic E-state index is 0.0886. The van der Waals surface area contributed by atoms with E-state index in [1.807, 2.05) is 79.7 Å². The number of hydrogen-bond donors (Lipinski definition) is 0. The zero-order valence-electron chi connectivity index (χ0n) is 23.3. The van der Waals surface area contributed by atoms with Gasteiger partial charge in [-0.15, -0.1) is 0 Å². The SMILES string of the molecule is COC(=O)C12CC(C)CC(C(=O)OC)(C1=O)C(c1ccc3ccccc3c1)C(C)C2c1ccc2ccccc2c1. The Balaban J connectivity index is 1.66. The molecule has 0 N–H and O–H groups in total. The van der Waals surface area contributed by atoms with Crippen LogP contribution in [0.5, 0.6) is 0 Å². The fourth-order valence-electron chi connectivity index (χ4n) is 8.33. The average Bonchev–Trinajstić information content (AvgIpc) is 2.97. The molecule has 0 aliphatic heterocycles. The van der Waals surface area contributed by atoms with Gasteiger partial charge in [0.2, 0.25) is 0 Å². The van der Waals surface area contributed by atoms with Gasteiger partial charge in [0.1, 0.15) is 10.8 Å². The van der Waals surface area contributed by atoms with Crippen LogP contribution in [0, 0.1) is 22.7 Å². The van der Waals surface area contributed by atoms with Crippen molar-refractivity contribution in [3.05, 3.63) is 96.1 Å². The maximum Gasteiger partial charge on any atom is 0.320 e. The van der Waals surface area contributed by atoms with E-state index in [0.717, 1.165) is 32.7 Å². The van der Waals surface area contributed by atoms with E-state index >= 15 is 4.79 Å². The number of fused-ring (bicyclic) bond motifs is 4. The van der Waals surface area contributed by atoms with Crippen LogP contribution in [-0.2, 0) is 23.9 Å². The predicted octanol–water partition coefficient (Wildman–Crippen LogP) is 6.83. The summed E-state index contributed by atoms with van der Waals surface area (Å²) >= 11 is 0. The van der Waals surface area contributed by atoms with Gasteiger partial charge in [-0.1, -0.05) is 98.8 Å². The number of carbonyl (C=O) groups excluding carboxylic acids is 3. The predicted molar refractivity (Wildman–Crippen MR) is 155 cm³/mol. The molecule has 2 aliphatic rings. The molecule has 40 heavy (non-hydrogen) atoms. The molecule has 2 saturated carbocycles. The maximum absolute atomic E-state index is 15.0. The summed E-state index contributed by atoms with van der Waals surface area (Å²) in [6.07, 6.45) is 0.646. The topological polar surface area (TPSA) is 69.7 Å². The summed E-state index contributed by atoms with van der Waals surface area (Å²) in [5.74, 6) is -2.84. The molecule has 0 heterocycles. The minimum atomic E-state index is -1.50. The molecule has 0 amide bonds. The number of ketones is 1. The van der Waals surface area contributed by atoms with Gasteiger partial charge in [-0.25, -0.2) is 0 Å². The summed E-state index contributed by atoms with van der Waals surface area (Å²) < 4.78 is 10.8. The fourth-order valence-corrected chi connectivity index (χ4v) is 8.33. The summed E-state index contributed by atoms with van der Waals surface area (Å²) in [6.45, 7) is 4.10. The number of esters is 2. The number of rotatable bonds is 4. The number of Topliss-reactive ketones (excluding diaryl/α,β-unsaturated/α-hetero) is 1. The lowest BCUT2D eigenvalue weighted by Crippen LogP contribution is -2.67. The van der Waals surface area contributed by atoms with Crippen LogP contribution in [0.3, 0.4) is 0 Å². The number of hydrogen-bond acceptors (Lipinski definition) is 5. The number of methoxy groups -OCH3 is 2. The van der Waals surface area contributed by atoms with Gasteiger partial charge >= 0.3 is 11.9 Å². The molecule has 0 aromatic heterocycles. The first kappa shape index (κ1) is 26.2. The molecule has 0 radical (unpaired) electrons. The highest BCUT2D eigenvalue weighted by atomic mass is 16.5. The Morgan fingerprint density at radius 2 is 1.05 bits per heavy atom. The minimum Gasteiger partial charge on any atom is -0.468 e. The third-order valence-electron chi connectivity index (χ3n) is 9.63. The van der Waals surface area contributed by atoms with Gasteiger partial charge in [-0.05, 0) is 57.3 Å². The zero-order chi connectivity index (χ0) is 28.2. The molecule has 5 heteroatoms. The zero-order valence-corrected chi connectivity index (χ0v) is 23.3. The molecule has 5 nitrogen and oxygen atoms in total. The molecule has 4 atom stereocenters. The van der Waals surface area contributed by atoms with Crippen LogP contribution in [-0.4, -0.2) is 31.9 Å². The lowest BCUT2D eigenvalue weighted by Gasteiger charge is -2.59. The summed E-state index contributed by atoms with van der Waals surface area (Å²) in [5, 5.41) is 4.24. The molecule has 0 saturated heterocycles. The van der Waals surface area contributed by atoms with Gasteiger partial charge in [-0.2, -0.15) is 0 Å². The standard InChI is InChI=1S/C35H34O5/c1-21-19-34(32(37)39-3)29(27-15-13-23-9-5-7-11-25(23)17-27)22(2)30(35(20-21,31(34)36)33(38)40-4)28-16-14-24-10-6-8-12-26(24)18-28/h5-18,21-22,29-30H,19-20H2,1-4H3. The second-order valence-corrected chi connectivity index (χ2v) is 11.8. The van der Waals surface area contributed by atoms with Crippen molar-refractivity contribution in [2.24, 2.45) is 22.7 Å². The Morgan fingerprint density at radius 1 is 0.650 bits per heavy atom. The highest BCUT2D eigenvalue weighted by Crippen LogP contribution is 2.67. The van der Waals surface area contributed by atoms with Crippen LogP contribution in [0.1, 0.15) is 49.7 Å². The molecule has 4 aromatic rings. The van der Waals surface area contributed by atoms with Crippen molar-refractivity contribution >= 4 is 39.3 Å². The van der Waals surface area contributed by atoms with Crippen LogP contribution in [0.15, 0.2) is 84.9 Å². The Hall–Kier alpha value is -3.99. The van der Waals surface area contributed by atoms with E-state index in [1.165, 1.54) is 14.2 Å². The molecule has 4 aromatic carbocycles. The summed E-state index contributed by atoms with van der Waals surface area (Å²) in [6, 6.07) is 28.5. The van der Waals surface area contributed by atoms with E-state index in [2.05, 4.69) is 19.1 Å². The molecule has 6 rings (SSSR count). The van der Waals surface area contributed by atoms with Gasteiger partial charge in [0, 0.05) is 11.8 Å². The summed E-state index contributed by atoms with van der Waals surface area (Å²) in [4.78, 5) is 42.9. The van der Waals surface area contributed by atoms with Crippen molar-refractivity contribution in [3.63, 3.8) is 0 Å². The van der Waals surface area contributed by atoms with Crippen LogP contribution in [0.4, 0.5) is 0 Å². The smallest absolute Gasteiger partial charge is 0.320 e. The Labute approximate surface area is 234 Å². The van der Waals surface area contributed by atoms with E-state index in [-0.39, 0.29) is 17.6 Å². The third-order valence-corrected chi connectivity index (χ3v) is 9.63. The highest BCUT2D eigenvalue weighted by molar-refractivity contribution is 6.17. The molecule has 2 aliphatic carbocycles. The van der Waals surface area contributed by atoms with Gasteiger partial charge in [0.25, 0.3) is 0 Å². The fraction of sp³-hybridized carbons (Fsp3) is 0.343. The normalized spacial score (nSPS) is 29.8. The summed E-state index contributed by atoms with van der Waals surface area (Å²) in [5.41, 5.74) is -1.20. The van der Waals surface area contributed by atoms with Gasteiger partial charge in [0.15, 0.2) is 5.78 Å². The van der Waals surface area contributed by atoms with E-state index in [0.29, 0.717) is 12.8 Å². The van der Waals surface area contributed by atoms with Crippen molar-refractivity contribution in [2.45, 2.75) is 38.5 Å². The van der Waals surface area contributed by atoms with Crippen LogP contribution in [0.2, 0.25) is 0 Å².